The van der Waals surface area contributed by atoms with Crippen molar-refractivity contribution in [3.63, 3.8) is 0 Å². The summed E-state index contributed by atoms with van der Waals surface area (Å²) >= 11 is 5.77. The molecular formula is C12H15ClO6. The molecule has 2 atom stereocenters. The van der Waals surface area contributed by atoms with Crippen molar-refractivity contribution in [3.05, 3.63) is 28.8 Å². The van der Waals surface area contributed by atoms with Crippen molar-refractivity contribution in [3.8, 4) is 5.75 Å². The summed E-state index contributed by atoms with van der Waals surface area (Å²) in [5, 5.41) is 37.2. The highest BCUT2D eigenvalue weighted by atomic mass is 35.5. The maximum atomic E-state index is 10.5. The van der Waals surface area contributed by atoms with Gasteiger partial charge in [-0.2, -0.15) is 0 Å². The van der Waals surface area contributed by atoms with Gasteiger partial charge in [0.15, 0.2) is 6.61 Å². The average molecular weight is 291 g/mol. The zero-order valence-corrected chi connectivity index (χ0v) is 10.7. The Labute approximate surface area is 114 Å². The van der Waals surface area contributed by atoms with Crippen LogP contribution in [-0.4, -0.2) is 45.7 Å². The lowest BCUT2D eigenvalue weighted by molar-refractivity contribution is -0.139. The Kier molecular flexibility index (Phi) is 6.04. The van der Waals surface area contributed by atoms with Crippen molar-refractivity contribution in [1.82, 2.24) is 0 Å². The van der Waals surface area contributed by atoms with E-state index in [4.69, 9.17) is 26.6 Å². The average Bonchev–Trinajstić information content (AvgIpc) is 2.36. The van der Waals surface area contributed by atoms with Crippen LogP contribution in [0.1, 0.15) is 18.1 Å². The summed E-state index contributed by atoms with van der Waals surface area (Å²) in [6.45, 7) is -0.868. The van der Waals surface area contributed by atoms with Gasteiger partial charge in [-0.1, -0.05) is 17.7 Å². The van der Waals surface area contributed by atoms with Gasteiger partial charge in [0.05, 0.1) is 6.10 Å². The Morgan fingerprint density at radius 1 is 1.37 bits per heavy atom. The lowest BCUT2D eigenvalue weighted by atomic mass is 10.0. The SMILES string of the molecule is O=C(O)COc1cc(Cl)ccc1C(O)C(O)CCO. The van der Waals surface area contributed by atoms with Crippen LogP contribution in [0.2, 0.25) is 5.02 Å². The maximum absolute atomic E-state index is 10.5. The van der Waals surface area contributed by atoms with E-state index >= 15 is 0 Å². The molecule has 6 nitrogen and oxygen atoms in total. The molecule has 2 unspecified atom stereocenters. The highest BCUT2D eigenvalue weighted by Gasteiger charge is 2.22. The standard InChI is InChI=1S/C12H15ClO6/c13-7-1-2-8(12(18)9(15)3-4-14)10(5-7)19-6-11(16)17/h1-2,5,9,12,14-15,18H,3-4,6H2,(H,16,17). The molecule has 1 rings (SSSR count). The summed E-state index contributed by atoms with van der Waals surface area (Å²) in [4.78, 5) is 10.5. The second kappa shape index (κ2) is 7.30. The third-order valence-electron chi connectivity index (χ3n) is 2.43. The largest absolute Gasteiger partial charge is 0.481 e. The highest BCUT2D eigenvalue weighted by molar-refractivity contribution is 6.30. The van der Waals surface area contributed by atoms with Gasteiger partial charge in [0.25, 0.3) is 0 Å². The quantitative estimate of drug-likeness (QED) is 0.585. The van der Waals surface area contributed by atoms with Crippen LogP contribution in [0.4, 0.5) is 0 Å². The molecule has 0 aliphatic carbocycles. The molecule has 1 aromatic carbocycles. The first kappa shape index (κ1) is 15.7. The van der Waals surface area contributed by atoms with Crippen molar-refractivity contribution in [2.45, 2.75) is 18.6 Å². The molecule has 0 heterocycles. The van der Waals surface area contributed by atoms with Crippen molar-refractivity contribution in [2.24, 2.45) is 0 Å². The Bertz CT molecular complexity index is 436. The molecule has 0 fully saturated rings. The van der Waals surface area contributed by atoms with Crippen LogP contribution in [0.15, 0.2) is 18.2 Å². The molecule has 0 aliphatic heterocycles. The van der Waals surface area contributed by atoms with Gasteiger partial charge in [-0.15, -0.1) is 0 Å². The number of carboxylic acids is 1. The lowest BCUT2D eigenvalue weighted by Crippen LogP contribution is -2.21. The van der Waals surface area contributed by atoms with E-state index in [1.54, 1.807) is 0 Å². The first-order valence-corrected chi connectivity index (χ1v) is 5.94. The number of benzene rings is 1. The predicted octanol–water partition coefficient (Wildman–Crippen LogP) is 0.580. The first-order chi connectivity index (χ1) is 8.95. The Morgan fingerprint density at radius 2 is 2.05 bits per heavy atom. The number of hydrogen-bond acceptors (Lipinski definition) is 5. The molecule has 0 aromatic heterocycles. The summed E-state index contributed by atoms with van der Waals surface area (Å²) < 4.78 is 5.01. The van der Waals surface area contributed by atoms with Crippen LogP contribution >= 0.6 is 11.6 Å². The fourth-order valence-corrected chi connectivity index (χ4v) is 1.68. The van der Waals surface area contributed by atoms with E-state index in [1.807, 2.05) is 0 Å². The molecule has 0 bridgehead atoms. The minimum atomic E-state index is -1.30. The first-order valence-electron chi connectivity index (χ1n) is 5.56. The van der Waals surface area contributed by atoms with E-state index in [0.717, 1.165) is 0 Å². The normalized spacial score (nSPS) is 13.9. The van der Waals surface area contributed by atoms with Gasteiger partial charge in [-0.25, -0.2) is 4.79 Å². The van der Waals surface area contributed by atoms with Gasteiger partial charge in [0.2, 0.25) is 0 Å². The van der Waals surface area contributed by atoms with Gasteiger partial charge in [-0.05, 0) is 18.6 Å². The van der Waals surface area contributed by atoms with Crippen molar-refractivity contribution >= 4 is 17.6 Å². The van der Waals surface area contributed by atoms with Gasteiger partial charge in [0.1, 0.15) is 11.9 Å². The zero-order valence-electron chi connectivity index (χ0n) is 9.99. The van der Waals surface area contributed by atoms with Crippen molar-refractivity contribution in [1.29, 1.82) is 0 Å². The number of rotatable bonds is 7. The number of halogens is 1. The van der Waals surface area contributed by atoms with E-state index in [1.165, 1.54) is 18.2 Å². The van der Waals surface area contributed by atoms with E-state index in [0.29, 0.717) is 5.02 Å². The van der Waals surface area contributed by atoms with Crippen LogP contribution in [0.25, 0.3) is 0 Å². The third kappa shape index (κ3) is 4.68. The van der Waals surface area contributed by atoms with Crippen LogP contribution in [0.5, 0.6) is 5.75 Å². The molecule has 0 aliphatic rings. The molecule has 0 amide bonds. The molecule has 106 valence electrons. The van der Waals surface area contributed by atoms with Crippen LogP contribution < -0.4 is 4.74 Å². The Hall–Kier alpha value is -1.34. The Morgan fingerprint density at radius 3 is 2.63 bits per heavy atom. The van der Waals surface area contributed by atoms with Crippen molar-refractivity contribution in [2.75, 3.05) is 13.2 Å². The van der Waals surface area contributed by atoms with Crippen LogP contribution in [0, 0.1) is 0 Å². The molecule has 0 radical (unpaired) electrons. The number of carboxylic acid groups (broad SMARTS) is 1. The fourth-order valence-electron chi connectivity index (χ4n) is 1.51. The summed E-state index contributed by atoms with van der Waals surface area (Å²) in [7, 11) is 0. The van der Waals surface area contributed by atoms with Gasteiger partial charge >= 0.3 is 5.97 Å². The van der Waals surface area contributed by atoms with Crippen LogP contribution in [-0.2, 0) is 4.79 Å². The minimum Gasteiger partial charge on any atom is -0.481 e. The van der Waals surface area contributed by atoms with E-state index in [-0.39, 0.29) is 24.3 Å². The Balaban J connectivity index is 2.94. The summed E-state index contributed by atoms with van der Waals surface area (Å²) in [6.07, 6.45) is -2.49. The van der Waals surface area contributed by atoms with Crippen molar-refractivity contribution < 1.29 is 30.0 Å². The van der Waals surface area contributed by atoms with Gasteiger partial charge in [0, 0.05) is 17.2 Å². The molecule has 1 aromatic rings. The molecule has 0 saturated carbocycles. The highest BCUT2D eigenvalue weighted by Crippen LogP contribution is 2.31. The second-order valence-corrected chi connectivity index (χ2v) is 4.33. The monoisotopic (exact) mass is 290 g/mol. The smallest absolute Gasteiger partial charge is 0.341 e. The summed E-state index contributed by atoms with van der Waals surface area (Å²) in [5.41, 5.74) is 0.214. The lowest BCUT2D eigenvalue weighted by Gasteiger charge is -2.20. The van der Waals surface area contributed by atoms with Crippen LogP contribution in [0.3, 0.4) is 0 Å². The number of ether oxygens (including phenoxy) is 1. The zero-order chi connectivity index (χ0) is 14.4. The number of carbonyl (C=O) groups is 1. The number of aliphatic carboxylic acids is 1. The van der Waals surface area contributed by atoms with E-state index < -0.39 is 24.8 Å². The summed E-state index contributed by atoms with van der Waals surface area (Å²) in [5.74, 6) is -1.09. The van der Waals surface area contributed by atoms with E-state index in [2.05, 4.69) is 0 Å². The molecule has 0 saturated heterocycles. The summed E-state index contributed by atoms with van der Waals surface area (Å²) in [6, 6.07) is 4.28. The topological polar surface area (TPSA) is 107 Å². The predicted molar refractivity (Wildman–Crippen MR) is 67.3 cm³/mol. The van der Waals surface area contributed by atoms with E-state index in [9.17, 15) is 15.0 Å². The number of aliphatic hydroxyl groups is 3. The molecule has 0 spiro atoms. The molecule has 4 N–H and O–H groups in total. The number of hydrogen-bond donors (Lipinski definition) is 4. The van der Waals surface area contributed by atoms with Gasteiger partial charge in [-0.3, -0.25) is 0 Å². The second-order valence-electron chi connectivity index (χ2n) is 3.89. The maximum Gasteiger partial charge on any atom is 0.341 e. The molecular weight excluding hydrogens is 276 g/mol. The third-order valence-corrected chi connectivity index (χ3v) is 2.67. The fraction of sp³-hybridized carbons (Fsp3) is 0.417. The minimum absolute atomic E-state index is 0.0117. The molecule has 19 heavy (non-hydrogen) atoms. The van der Waals surface area contributed by atoms with Gasteiger partial charge < -0.3 is 25.2 Å². The number of aliphatic hydroxyl groups excluding tert-OH is 3. The molecule has 7 heteroatoms.